The van der Waals surface area contributed by atoms with Crippen molar-refractivity contribution in [2.24, 2.45) is 0 Å². The molecule has 0 bridgehead atoms. The second kappa shape index (κ2) is 4.01. The van der Waals surface area contributed by atoms with Crippen LogP contribution < -0.4 is 0 Å². The number of nitriles is 1. The molecule has 3 heteroatoms. The maximum atomic E-state index is 9.16. The summed E-state index contributed by atoms with van der Waals surface area (Å²) in [5.74, 6) is 0. The lowest BCUT2D eigenvalue weighted by molar-refractivity contribution is -0.0126. The minimum atomic E-state index is -0.758. The molecule has 0 spiro atoms. The summed E-state index contributed by atoms with van der Waals surface area (Å²) in [7, 11) is 0. The van der Waals surface area contributed by atoms with Crippen LogP contribution in [0.3, 0.4) is 0 Å². The monoisotopic (exact) mass is 203 g/mol. The molecule has 0 unspecified atom stereocenters. The number of benzene rings is 1. The van der Waals surface area contributed by atoms with Crippen LogP contribution in [0.15, 0.2) is 24.3 Å². The van der Waals surface area contributed by atoms with Crippen LogP contribution in [0.25, 0.3) is 0 Å². The van der Waals surface area contributed by atoms with E-state index >= 15 is 0 Å². The average molecular weight is 203 g/mol. The zero-order valence-electron chi connectivity index (χ0n) is 8.44. The topological polar surface area (TPSA) is 53.2 Å². The smallest absolute Gasteiger partial charge is 0.162 e. The standard InChI is InChI=1S/C12H13NO2/c13-9-12(15-6-5-14)7-10-3-1-2-4-11(10)8-12/h1-4,14H,5-8H2. The summed E-state index contributed by atoms with van der Waals surface area (Å²) in [6, 6.07) is 10.2. The van der Waals surface area contributed by atoms with Crippen molar-refractivity contribution < 1.29 is 9.84 Å². The molecule has 0 saturated heterocycles. The predicted molar refractivity (Wildman–Crippen MR) is 55.2 cm³/mol. The summed E-state index contributed by atoms with van der Waals surface area (Å²) in [6.45, 7) is 0.182. The zero-order chi connectivity index (χ0) is 10.7. The number of ether oxygens (including phenoxy) is 1. The van der Waals surface area contributed by atoms with Crippen molar-refractivity contribution in [2.75, 3.05) is 13.2 Å². The van der Waals surface area contributed by atoms with Crippen molar-refractivity contribution in [3.05, 3.63) is 35.4 Å². The molecular formula is C12H13NO2. The van der Waals surface area contributed by atoms with Crippen LogP contribution in [0.1, 0.15) is 11.1 Å². The summed E-state index contributed by atoms with van der Waals surface area (Å²) in [5, 5.41) is 17.9. The van der Waals surface area contributed by atoms with Crippen LogP contribution in [0.4, 0.5) is 0 Å². The molecule has 0 aromatic heterocycles. The van der Waals surface area contributed by atoms with Gasteiger partial charge in [-0.1, -0.05) is 24.3 Å². The molecule has 0 fully saturated rings. The third kappa shape index (κ3) is 1.87. The average Bonchev–Trinajstić information content (AvgIpc) is 2.65. The fraction of sp³-hybridized carbons (Fsp3) is 0.417. The number of nitrogens with zero attached hydrogens (tertiary/aromatic N) is 1. The first-order valence-corrected chi connectivity index (χ1v) is 5.02. The van der Waals surface area contributed by atoms with Gasteiger partial charge in [-0.05, 0) is 11.1 Å². The number of aliphatic hydroxyl groups is 1. The van der Waals surface area contributed by atoms with Gasteiger partial charge in [-0.3, -0.25) is 0 Å². The summed E-state index contributed by atoms with van der Waals surface area (Å²) in [4.78, 5) is 0. The van der Waals surface area contributed by atoms with Gasteiger partial charge >= 0.3 is 0 Å². The van der Waals surface area contributed by atoms with Crippen molar-refractivity contribution >= 4 is 0 Å². The largest absolute Gasteiger partial charge is 0.394 e. The zero-order valence-corrected chi connectivity index (χ0v) is 8.44. The Morgan fingerprint density at radius 2 is 1.93 bits per heavy atom. The molecular weight excluding hydrogens is 190 g/mol. The van der Waals surface area contributed by atoms with Gasteiger partial charge < -0.3 is 9.84 Å². The molecule has 0 amide bonds. The molecule has 0 radical (unpaired) electrons. The Bertz CT molecular complexity index is 370. The van der Waals surface area contributed by atoms with Gasteiger partial charge in [-0.2, -0.15) is 5.26 Å². The molecule has 0 heterocycles. The van der Waals surface area contributed by atoms with E-state index in [1.165, 1.54) is 11.1 Å². The first-order chi connectivity index (χ1) is 7.29. The van der Waals surface area contributed by atoms with Gasteiger partial charge in [0.15, 0.2) is 5.60 Å². The molecule has 1 N–H and O–H groups in total. The first-order valence-electron chi connectivity index (χ1n) is 5.02. The fourth-order valence-corrected chi connectivity index (χ4v) is 2.03. The first kappa shape index (κ1) is 10.2. The van der Waals surface area contributed by atoms with E-state index in [9.17, 15) is 0 Å². The summed E-state index contributed by atoms with van der Waals surface area (Å²) >= 11 is 0. The Morgan fingerprint density at radius 1 is 1.33 bits per heavy atom. The Balaban J connectivity index is 2.19. The number of hydrogen-bond acceptors (Lipinski definition) is 3. The molecule has 2 rings (SSSR count). The second-order valence-corrected chi connectivity index (χ2v) is 3.80. The van der Waals surface area contributed by atoms with Gasteiger partial charge in [0.05, 0.1) is 19.3 Å². The van der Waals surface area contributed by atoms with Crippen molar-refractivity contribution in [1.29, 1.82) is 5.26 Å². The van der Waals surface area contributed by atoms with E-state index in [2.05, 4.69) is 6.07 Å². The molecule has 1 aliphatic rings. The molecule has 78 valence electrons. The van der Waals surface area contributed by atoms with E-state index in [1.54, 1.807) is 0 Å². The SMILES string of the molecule is N#CC1(OCCO)Cc2ccccc2C1. The van der Waals surface area contributed by atoms with Gasteiger partial charge in [-0.25, -0.2) is 0 Å². The molecule has 0 aliphatic heterocycles. The molecule has 0 atom stereocenters. The molecule has 3 nitrogen and oxygen atoms in total. The van der Waals surface area contributed by atoms with Gasteiger partial charge in [-0.15, -0.1) is 0 Å². The van der Waals surface area contributed by atoms with Crippen LogP contribution >= 0.6 is 0 Å². The summed E-state index contributed by atoms with van der Waals surface area (Å²) in [5.41, 5.74) is 1.60. The van der Waals surface area contributed by atoms with E-state index in [-0.39, 0.29) is 13.2 Å². The van der Waals surface area contributed by atoms with E-state index in [0.717, 1.165) is 0 Å². The Morgan fingerprint density at radius 3 is 2.40 bits per heavy atom. The quantitative estimate of drug-likeness (QED) is 0.799. The van der Waals surface area contributed by atoms with Gasteiger partial charge in [0.1, 0.15) is 0 Å². The lowest BCUT2D eigenvalue weighted by Gasteiger charge is -2.20. The third-order valence-corrected chi connectivity index (χ3v) is 2.74. The minimum absolute atomic E-state index is 0.0419. The number of hydrogen-bond donors (Lipinski definition) is 1. The van der Waals surface area contributed by atoms with Gasteiger partial charge in [0, 0.05) is 12.8 Å². The van der Waals surface area contributed by atoms with Crippen molar-refractivity contribution in [3.63, 3.8) is 0 Å². The van der Waals surface area contributed by atoms with Gasteiger partial charge in [0.25, 0.3) is 0 Å². The summed E-state index contributed by atoms with van der Waals surface area (Å²) in [6.07, 6.45) is 1.25. The van der Waals surface area contributed by atoms with E-state index in [0.29, 0.717) is 12.8 Å². The Labute approximate surface area is 88.9 Å². The highest BCUT2D eigenvalue weighted by Gasteiger charge is 2.38. The molecule has 1 aliphatic carbocycles. The third-order valence-electron chi connectivity index (χ3n) is 2.74. The lowest BCUT2D eigenvalue weighted by Crippen LogP contribution is -2.32. The van der Waals surface area contributed by atoms with Crippen LogP contribution in [0.2, 0.25) is 0 Å². The second-order valence-electron chi connectivity index (χ2n) is 3.80. The van der Waals surface area contributed by atoms with Crippen LogP contribution in [0.5, 0.6) is 0 Å². The van der Waals surface area contributed by atoms with E-state index in [1.807, 2.05) is 24.3 Å². The Kier molecular flexibility index (Phi) is 2.72. The molecule has 1 aromatic carbocycles. The van der Waals surface area contributed by atoms with Crippen LogP contribution in [0, 0.1) is 11.3 Å². The minimum Gasteiger partial charge on any atom is -0.394 e. The number of fused-ring (bicyclic) bond motifs is 1. The highest BCUT2D eigenvalue weighted by Crippen LogP contribution is 2.32. The fourth-order valence-electron chi connectivity index (χ4n) is 2.03. The predicted octanol–water partition coefficient (Wildman–Crippen LogP) is 1.06. The molecule has 0 saturated carbocycles. The van der Waals surface area contributed by atoms with Crippen molar-refractivity contribution in [1.82, 2.24) is 0 Å². The Hall–Kier alpha value is -1.37. The normalized spacial score (nSPS) is 17.1. The van der Waals surface area contributed by atoms with Crippen LogP contribution in [-0.4, -0.2) is 23.9 Å². The van der Waals surface area contributed by atoms with Crippen LogP contribution in [-0.2, 0) is 17.6 Å². The van der Waals surface area contributed by atoms with Gasteiger partial charge in [0.2, 0.25) is 0 Å². The summed E-state index contributed by atoms with van der Waals surface area (Å²) < 4.78 is 5.46. The van der Waals surface area contributed by atoms with E-state index < -0.39 is 5.60 Å². The highest BCUT2D eigenvalue weighted by atomic mass is 16.5. The number of rotatable bonds is 3. The van der Waals surface area contributed by atoms with Crippen molar-refractivity contribution in [3.8, 4) is 6.07 Å². The lowest BCUT2D eigenvalue weighted by atomic mass is 10.0. The van der Waals surface area contributed by atoms with E-state index in [4.69, 9.17) is 15.1 Å². The molecule has 15 heavy (non-hydrogen) atoms. The van der Waals surface area contributed by atoms with Crippen molar-refractivity contribution in [2.45, 2.75) is 18.4 Å². The maximum Gasteiger partial charge on any atom is 0.162 e. The number of aliphatic hydroxyl groups excluding tert-OH is 1. The molecule has 1 aromatic rings. The highest BCUT2D eigenvalue weighted by molar-refractivity contribution is 5.38. The maximum absolute atomic E-state index is 9.16.